The Labute approximate surface area is 229 Å². The Morgan fingerprint density at radius 3 is 2.57 bits per heavy atom. The standard InChI is InChI=1S/C24H31BBrFN6O2.C2H6/c1-15-12-16(23(2,3)27)4-5-17(15)30-19(34)13-33-21(35)20-18(28-14-29-22(26)31-33)6-7-24(20)8-10-32(25)11-9-24;1-2/h4-5,12,28H,6-11,13-14H2,1-3H3,(H,29,31)(H,30,34);1-2H3. The minimum Gasteiger partial charge on any atom is -0.369 e. The number of piperidine rings is 1. The van der Waals surface area contributed by atoms with Gasteiger partial charge in [-0.3, -0.25) is 15.0 Å². The smallest absolute Gasteiger partial charge is 0.270 e. The lowest BCUT2D eigenvalue weighted by Gasteiger charge is -2.40. The first kappa shape index (κ1) is 29.2. The molecule has 0 aromatic heterocycles. The Balaban J connectivity index is 0.00000186. The van der Waals surface area contributed by atoms with Crippen LogP contribution in [-0.4, -0.2) is 60.7 Å². The average Bonchev–Trinajstić information content (AvgIpc) is 3.21. The van der Waals surface area contributed by atoms with Crippen molar-refractivity contribution in [2.75, 3.05) is 31.6 Å². The van der Waals surface area contributed by atoms with Crippen LogP contribution < -0.4 is 16.1 Å². The van der Waals surface area contributed by atoms with Crippen LogP contribution in [0.25, 0.3) is 0 Å². The van der Waals surface area contributed by atoms with Crippen molar-refractivity contribution in [1.82, 2.24) is 20.6 Å². The molecule has 2 amide bonds. The van der Waals surface area contributed by atoms with Crippen molar-refractivity contribution in [3.05, 3.63) is 40.6 Å². The van der Waals surface area contributed by atoms with E-state index in [0.717, 1.165) is 36.9 Å². The third kappa shape index (κ3) is 6.73. The third-order valence-corrected chi connectivity index (χ3v) is 7.55. The molecule has 1 fully saturated rings. The summed E-state index contributed by atoms with van der Waals surface area (Å²) in [6, 6.07) is 5.06. The number of alkyl halides is 1. The van der Waals surface area contributed by atoms with Gasteiger partial charge in [-0.2, -0.15) is 0 Å². The fraction of sp³-hybridized carbons (Fsp3) is 0.577. The molecule has 1 aliphatic carbocycles. The lowest BCUT2D eigenvalue weighted by atomic mass is 9.72. The molecule has 37 heavy (non-hydrogen) atoms. The molecule has 3 N–H and O–H groups in total. The minimum absolute atomic E-state index is 0.227. The van der Waals surface area contributed by atoms with E-state index in [1.807, 2.05) is 20.8 Å². The van der Waals surface area contributed by atoms with Crippen molar-refractivity contribution in [1.29, 1.82) is 0 Å². The predicted octanol–water partition coefficient (Wildman–Crippen LogP) is 4.02. The Bertz CT molecular complexity index is 1080. The summed E-state index contributed by atoms with van der Waals surface area (Å²) in [6.45, 7) is 10.3. The van der Waals surface area contributed by atoms with E-state index in [0.29, 0.717) is 41.3 Å². The summed E-state index contributed by atoms with van der Waals surface area (Å²) in [4.78, 5) is 33.0. The van der Waals surface area contributed by atoms with Gasteiger partial charge in [-0.05, 0) is 92.7 Å². The van der Waals surface area contributed by atoms with Crippen molar-refractivity contribution < 1.29 is 14.0 Å². The van der Waals surface area contributed by atoms with Gasteiger partial charge in [0.2, 0.25) is 5.91 Å². The summed E-state index contributed by atoms with van der Waals surface area (Å²) in [6.07, 6.45) is 3.20. The molecule has 200 valence electrons. The van der Waals surface area contributed by atoms with E-state index in [-0.39, 0.29) is 23.8 Å². The number of aryl methyl sites for hydroxylation is 1. The number of nitrogens with zero attached hydrogens (tertiary/aromatic N) is 3. The highest BCUT2D eigenvalue weighted by Crippen LogP contribution is 2.50. The van der Waals surface area contributed by atoms with Gasteiger partial charge in [-0.25, -0.2) is 14.4 Å². The molecule has 0 bridgehead atoms. The molecule has 3 aliphatic rings. The first-order valence-corrected chi connectivity index (χ1v) is 13.6. The Hall–Kier alpha value is -2.40. The normalized spacial score (nSPS) is 21.3. The number of allylic oxidation sites excluding steroid dienone is 1. The molecule has 2 aliphatic heterocycles. The molecule has 1 saturated heterocycles. The molecule has 1 spiro atoms. The van der Waals surface area contributed by atoms with E-state index in [9.17, 15) is 14.0 Å². The Kier molecular flexibility index (Phi) is 9.44. The van der Waals surface area contributed by atoms with Gasteiger partial charge in [0.05, 0.1) is 0 Å². The highest BCUT2D eigenvalue weighted by atomic mass is 79.9. The highest BCUT2D eigenvalue weighted by molar-refractivity contribution is 9.18. The number of hydrazine groups is 1. The number of benzene rings is 1. The summed E-state index contributed by atoms with van der Waals surface area (Å²) in [5.74, 6) is -0.620. The monoisotopic (exact) mass is 574 g/mol. The minimum atomic E-state index is -1.48. The number of hydrogen-bond acceptors (Lipinski definition) is 6. The van der Waals surface area contributed by atoms with Gasteiger partial charge in [0.1, 0.15) is 18.9 Å². The van der Waals surface area contributed by atoms with Crippen LogP contribution in [-0.2, 0) is 15.3 Å². The summed E-state index contributed by atoms with van der Waals surface area (Å²) in [5, 5.41) is 7.47. The van der Waals surface area contributed by atoms with E-state index in [1.165, 1.54) is 18.9 Å². The van der Waals surface area contributed by atoms with Crippen LogP contribution in [0.4, 0.5) is 10.1 Å². The van der Waals surface area contributed by atoms with Crippen LogP contribution in [0.1, 0.15) is 64.5 Å². The second-order valence-corrected chi connectivity index (χ2v) is 10.8. The SMILES string of the molecule is CC.[B]N1CCC2(CCC3=C2C(=O)N(CC(=O)Nc2ccc(C(C)(C)F)cc2C)N/C(Br)=N\CN3)CC1. The van der Waals surface area contributed by atoms with Gasteiger partial charge in [0.25, 0.3) is 5.91 Å². The summed E-state index contributed by atoms with van der Waals surface area (Å²) in [5.41, 5.74) is 4.65. The van der Waals surface area contributed by atoms with E-state index in [2.05, 4.69) is 37.0 Å². The predicted molar refractivity (Wildman–Crippen MR) is 150 cm³/mol. The van der Waals surface area contributed by atoms with Gasteiger partial charge in [-0.15, -0.1) is 0 Å². The lowest BCUT2D eigenvalue weighted by molar-refractivity contribution is -0.134. The number of amidine groups is 1. The quantitative estimate of drug-likeness (QED) is 0.373. The molecule has 1 aromatic carbocycles. The fourth-order valence-corrected chi connectivity index (χ4v) is 5.41. The Morgan fingerprint density at radius 1 is 1.27 bits per heavy atom. The maximum absolute atomic E-state index is 14.3. The number of carbonyl (C=O) groups excluding carboxylic acids is 2. The van der Waals surface area contributed by atoms with Crippen LogP contribution in [0.15, 0.2) is 34.5 Å². The molecule has 2 radical (unpaired) electrons. The number of anilines is 1. The number of fused-ring (bicyclic) bond motifs is 1. The zero-order chi connectivity index (χ0) is 27.4. The number of carbonyl (C=O) groups is 2. The molecule has 0 saturated carbocycles. The van der Waals surface area contributed by atoms with Crippen molar-refractivity contribution in [2.24, 2.45) is 10.4 Å². The van der Waals surface area contributed by atoms with Crippen LogP contribution >= 0.6 is 15.9 Å². The molecule has 4 rings (SSSR count). The number of nitrogens with one attached hydrogen (secondary N) is 3. The number of aliphatic imine (C=N–C) groups is 1. The first-order chi connectivity index (χ1) is 17.5. The summed E-state index contributed by atoms with van der Waals surface area (Å²) < 4.78 is 14.6. The van der Waals surface area contributed by atoms with E-state index < -0.39 is 5.67 Å². The first-order valence-electron chi connectivity index (χ1n) is 12.8. The highest BCUT2D eigenvalue weighted by Gasteiger charge is 2.47. The zero-order valence-electron chi connectivity index (χ0n) is 22.4. The summed E-state index contributed by atoms with van der Waals surface area (Å²) in [7, 11) is 5.99. The molecular weight excluding hydrogens is 538 g/mol. The fourth-order valence-electron chi connectivity index (χ4n) is 5.07. The van der Waals surface area contributed by atoms with Crippen molar-refractivity contribution >= 4 is 46.2 Å². The van der Waals surface area contributed by atoms with Gasteiger partial charge in [0, 0.05) is 22.4 Å². The van der Waals surface area contributed by atoms with Crippen LogP contribution in [0.3, 0.4) is 0 Å². The maximum Gasteiger partial charge on any atom is 0.270 e. The van der Waals surface area contributed by atoms with Gasteiger partial charge < -0.3 is 15.4 Å². The van der Waals surface area contributed by atoms with Crippen molar-refractivity contribution in [3.8, 4) is 0 Å². The third-order valence-electron chi connectivity index (χ3n) is 7.13. The van der Waals surface area contributed by atoms with Crippen LogP contribution in [0, 0.1) is 12.3 Å². The van der Waals surface area contributed by atoms with Crippen LogP contribution in [0.2, 0.25) is 0 Å². The number of halogens is 2. The second kappa shape index (κ2) is 12.0. The zero-order valence-corrected chi connectivity index (χ0v) is 24.0. The molecular formula is C26H37BBrFN6O2. The molecule has 0 unspecified atom stereocenters. The van der Waals surface area contributed by atoms with Crippen molar-refractivity contribution in [3.63, 3.8) is 0 Å². The van der Waals surface area contributed by atoms with Crippen molar-refractivity contribution in [2.45, 2.75) is 66.0 Å². The largest absolute Gasteiger partial charge is 0.369 e. The number of amides is 2. The van der Waals surface area contributed by atoms with E-state index >= 15 is 0 Å². The molecule has 2 heterocycles. The van der Waals surface area contributed by atoms with Gasteiger partial charge >= 0.3 is 0 Å². The van der Waals surface area contributed by atoms with E-state index in [1.54, 1.807) is 23.0 Å². The van der Waals surface area contributed by atoms with E-state index in [4.69, 9.17) is 7.98 Å². The lowest BCUT2D eigenvalue weighted by Crippen LogP contribution is -2.51. The number of hydrogen-bond donors (Lipinski definition) is 3. The maximum atomic E-state index is 14.3. The Morgan fingerprint density at radius 2 is 1.95 bits per heavy atom. The molecule has 11 heteroatoms. The molecule has 1 aromatic rings. The molecule has 0 atom stereocenters. The average molecular weight is 575 g/mol. The molecule has 8 nitrogen and oxygen atoms in total. The van der Waals surface area contributed by atoms with Crippen LogP contribution in [0.5, 0.6) is 0 Å². The van der Waals surface area contributed by atoms with Gasteiger partial charge in [0.15, 0.2) is 12.7 Å². The second-order valence-electron chi connectivity index (χ2n) is 10.0. The topological polar surface area (TPSA) is 89.1 Å². The number of rotatable bonds is 4. The summed E-state index contributed by atoms with van der Waals surface area (Å²) >= 11 is 3.34. The van der Waals surface area contributed by atoms with Gasteiger partial charge in [-0.1, -0.05) is 26.0 Å².